The summed E-state index contributed by atoms with van der Waals surface area (Å²) in [6.45, 7) is 19.5. The summed E-state index contributed by atoms with van der Waals surface area (Å²) in [5.41, 5.74) is 1.10. The standard InChI is InChI=1S/C38H60N2O4/c1-9-11-13-25-43-33-21-17-29(18-22-33)35(41)31(27-39-37(3,4)5)15-16-32(28-40-38(6,7)8)36(42)30-19-23-34(24-20-30)44-26-14-12-10-2/h17-24,31-32,39-40H,9-16,25-28H2,1-8H3/t31-,32-/m0/s1. The van der Waals surface area contributed by atoms with Crippen LogP contribution in [0.5, 0.6) is 11.5 Å². The molecule has 0 saturated carbocycles. The topological polar surface area (TPSA) is 76.7 Å². The Hall–Kier alpha value is -2.70. The lowest BCUT2D eigenvalue weighted by atomic mass is 9.85. The van der Waals surface area contributed by atoms with Crippen molar-refractivity contribution in [1.82, 2.24) is 10.6 Å². The Morgan fingerprint density at radius 1 is 0.591 bits per heavy atom. The molecule has 0 fully saturated rings. The van der Waals surface area contributed by atoms with Crippen molar-refractivity contribution in [2.45, 2.75) is 118 Å². The molecular formula is C38H60N2O4. The highest BCUT2D eigenvalue weighted by molar-refractivity contribution is 5.99. The molecular weight excluding hydrogens is 548 g/mol. The number of ketones is 2. The van der Waals surface area contributed by atoms with E-state index in [1.807, 2.05) is 48.5 Å². The van der Waals surface area contributed by atoms with Crippen LogP contribution in [-0.4, -0.2) is 48.9 Å². The van der Waals surface area contributed by atoms with Gasteiger partial charge in [-0.1, -0.05) is 39.5 Å². The van der Waals surface area contributed by atoms with Crippen molar-refractivity contribution in [3.63, 3.8) is 0 Å². The molecule has 0 amide bonds. The van der Waals surface area contributed by atoms with Crippen LogP contribution < -0.4 is 20.1 Å². The Kier molecular flexibility index (Phi) is 16.2. The van der Waals surface area contributed by atoms with Gasteiger partial charge in [-0.15, -0.1) is 0 Å². The van der Waals surface area contributed by atoms with E-state index in [1.165, 1.54) is 0 Å². The van der Waals surface area contributed by atoms with Gasteiger partial charge >= 0.3 is 0 Å². The first-order valence-corrected chi connectivity index (χ1v) is 16.9. The van der Waals surface area contributed by atoms with Gasteiger partial charge in [0.15, 0.2) is 11.6 Å². The number of benzene rings is 2. The predicted octanol–water partition coefficient (Wildman–Crippen LogP) is 8.68. The second kappa shape index (κ2) is 19.0. The molecule has 0 aliphatic rings. The van der Waals surface area contributed by atoms with Crippen molar-refractivity contribution in [2.24, 2.45) is 11.8 Å². The van der Waals surface area contributed by atoms with Gasteiger partial charge in [0, 0.05) is 47.1 Å². The molecule has 6 nitrogen and oxygen atoms in total. The zero-order chi connectivity index (χ0) is 32.6. The molecule has 0 saturated heterocycles. The predicted molar refractivity (Wildman–Crippen MR) is 183 cm³/mol. The maximum atomic E-state index is 13.8. The van der Waals surface area contributed by atoms with Crippen LogP contribution in [0.1, 0.15) is 127 Å². The van der Waals surface area contributed by atoms with Gasteiger partial charge < -0.3 is 20.1 Å². The number of nitrogens with one attached hydrogen (secondary N) is 2. The third-order valence-electron chi connectivity index (χ3n) is 7.67. The molecule has 0 unspecified atom stereocenters. The number of unbranched alkanes of at least 4 members (excludes halogenated alkanes) is 4. The second-order valence-electron chi connectivity index (χ2n) is 14.1. The molecule has 2 atom stereocenters. The molecule has 6 heteroatoms. The van der Waals surface area contributed by atoms with E-state index in [4.69, 9.17) is 9.47 Å². The van der Waals surface area contributed by atoms with Crippen LogP contribution in [0, 0.1) is 11.8 Å². The van der Waals surface area contributed by atoms with Crippen LogP contribution in [0.15, 0.2) is 48.5 Å². The molecule has 0 heterocycles. The highest BCUT2D eigenvalue weighted by Gasteiger charge is 2.27. The minimum Gasteiger partial charge on any atom is -0.494 e. The zero-order valence-corrected chi connectivity index (χ0v) is 28.9. The maximum Gasteiger partial charge on any atom is 0.167 e. The number of hydrogen-bond acceptors (Lipinski definition) is 6. The third kappa shape index (κ3) is 14.9. The Balaban J connectivity index is 2.17. The van der Waals surface area contributed by atoms with E-state index in [-0.39, 0.29) is 34.5 Å². The van der Waals surface area contributed by atoms with E-state index in [1.54, 1.807) is 0 Å². The van der Waals surface area contributed by atoms with Gasteiger partial charge in [0.25, 0.3) is 0 Å². The van der Waals surface area contributed by atoms with Crippen molar-refractivity contribution in [1.29, 1.82) is 0 Å². The molecule has 0 aliphatic heterocycles. The summed E-state index contributed by atoms with van der Waals surface area (Å²) < 4.78 is 11.7. The fourth-order valence-electron chi connectivity index (χ4n) is 4.90. The van der Waals surface area contributed by atoms with E-state index in [0.29, 0.717) is 50.3 Å². The van der Waals surface area contributed by atoms with Gasteiger partial charge in [0.05, 0.1) is 13.2 Å². The van der Waals surface area contributed by atoms with E-state index >= 15 is 0 Å². The van der Waals surface area contributed by atoms with E-state index in [2.05, 4.69) is 66.0 Å². The van der Waals surface area contributed by atoms with E-state index < -0.39 is 0 Å². The zero-order valence-electron chi connectivity index (χ0n) is 28.9. The maximum absolute atomic E-state index is 13.8. The third-order valence-corrected chi connectivity index (χ3v) is 7.67. The van der Waals surface area contributed by atoms with Crippen LogP contribution in [0.3, 0.4) is 0 Å². The molecule has 0 radical (unpaired) electrons. The average molecular weight is 609 g/mol. The van der Waals surface area contributed by atoms with Crippen molar-refractivity contribution in [3.05, 3.63) is 59.7 Å². The first-order chi connectivity index (χ1) is 20.8. The Morgan fingerprint density at radius 2 is 0.932 bits per heavy atom. The lowest BCUT2D eigenvalue weighted by molar-refractivity contribution is 0.0858. The number of rotatable bonds is 21. The second-order valence-corrected chi connectivity index (χ2v) is 14.1. The number of carbonyl (C=O) groups excluding carboxylic acids is 2. The normalized spacial score (nSPS) is 13.4. The fourth-order valence-corrected chi connectivity index (χ4v) is 4.90. The first kappa shape index (κ1) is 37.5. The monoisotopic (exact) mass is 608 g/mol. The highest BCUT2D eigenvalue weighted by Crippen LogP contribution is 2.24. The summed E-state index contributed by atoms with van der Waals surface area (Å²) in [4.78, 5) is 27.6. The molecule has 0 spiro atoms. The first-order valence-electron chi connectivity index (χ1n) is 16.9. The van der Waals surface area contributed by atoms with Gasteiger partial charge in [-0.3, -0.25) is 9.59 Å². The van der Waals surface area contributed by atoms with Crippen molar-refractivity contribution in [2.75, 3.05) is 26.3 Å². The summed E-state index contributed by atoms with van der Waals surface area (Å²) in [6.07, 6.45) is 7.87. The number of ether oxygens (including phenoxy) is 2. The van der Waals surface area contributed by atoms with Crippen LogP contribution in [0.25, 0.3) is 0 Å². The van der Waals surface area contributed by atoms with Crippen LogP contribution in [0.4, 0.5) is 0 Å². The quantitative estimate of drug-likeness (QED) is 0.109. The molecule has 2 aromatic carbocycles. The lowest BCUT2D eigenvalue weighted by Crippen LogP contribution is -2.42. The lowest BCUT2D eigenvalue weighted by Gasteiger charge is -2.28. The van der Waals surface area contributed by atoms with E-state index in [9.17, 15) is 9.59 Å². The number of hydrogen-bond donors (Lipinski definition) is 2. The average Bonchev–Trinajstić information content (AvgIpc) is 2.98. The van der Waals surface area contributed by atoms with Gasteiger partial charge in [0.1, 0.15) is 11.5 Å². The number of Topliss-reactive ketones (excluding diaryl/α,β-unsaturated/α-hetero) is 2. The molecule has 2 rings (SSSR count). The molecule has 0 aliphatic carbocycles. The summed E-state index contributed by atoms with van der Waals surface area (Å²) in [5.74, 6) is 1.26. The van der Waals surface area contributed by atoms with Crippen LogP contribution in [-0.2, 0) is 0 Å². The van der Waals surface area contributed by atoms with E-state index in [0.717, 1.165) is 50.0 Å². The van der Waals surface area contributed by atoms with Gasteiger partial charge in [-0.25, -0.2) is 0 Å². The Labute approximate surface area is 268 Å². The summed E-state index contributed by atoms with van der Waals surface area (Å²) in [5, 5.41) is 7.07. The highest BCUT2D eigenvalue weighted by atomic mass is 16.5. The number of carbonyl (C=O) groups is 2. The molecule has 2 aromatic rings. The molecule has 0 bridgehead atoms. The smallest absolute Gasteiger partial charge is 0.167 e. The summed E-state index contributed by atoms with van der Waals surface area (Å²) in [6, 6.07) is 15.1. The Morgan fingerprint density at radius 3 is 1.23 bits per heavy atom. The van der Waals surface area contributed by atoms with Crippen molar-refractivity contribution < 1.29 is 19.1 Å². The summed E-state index contributed by atoms with van der Waals surface area (Å²) >= 11 is 0. The van der Waals surface area contributed by atoms with Crippen molar-refractivity contribution in [3.8, 4) is 11.5 Å². The minimum atomic E-state index is -0.255. The molecule has 246 valence electrons. The fraction of sp³-hybridized carbons (Fsp3) is 0.632. The molecule has 0 aromatic heterocycles. The van der Waals surface area contributed by atoms with Crippen molar-refractivity contribution >= 4 is 11.6 Å². The molecule has 2 N–H and O–H groups in total. The van der Waals surface area contributed by atoms with Gasteiger partial charge in [-0.05, 0) is 116 Å². The molecule has 44 heavy (non-hydrogen) atoms. The Bertz CT molecular complexity index is 1010. The van der Waals surface area contributed by atoms with Gasteiger partial charge in [0.2, 0.25) is 0 Å². The van der Waals surface area contributed by atoms with Crippen LogP contribution in [0.2, 0.25) is 0 Å². The largest absolute Gasteiger partial charge is 0.494 e. The van der Waals surface area contributed by atoms with Gasteiger partial charge in [-0.2, -0.15) is 0 Å². The van der Waals surface area contributed by atoms with Crippen LogP contribution >= 0.6 is 0 Å². The minimum absolute atomic E-state index is 0.0961. The summed E-state index contributed by atoms with van der Waals surface area (Å²) in [7, 11) is 0. The SMILES string of the molecule is CCCCCOc1ccc(C(=O)[C@@H](CC[C@@H](CNC(C)(C)C)C(=O)c2ccc(OCCCCC)cc2)CNC(C)(C)C)cc1.